The van der Waals surface area contributed by atoms with Gasteiger partial charge < -0.3 is 15.5 Å². The van der Waals surface area contributed by atoms with Crippen LogP contribution in [0.5, 0.6) is 0 Å². The predicted octanol–water partition coefficient (Wildman–Crippen LogP) is 2.15. The van der Waals surface area contributed by atoms with Crippen LogP contribution in [0.4, 0.5) is 9.18 Å². The number of benzene rings is 1. The zero-order valence-corrected chi connectivity index (χ0v) is 13.8. The summed E-state index contributed by atoms with van der Waals surface area (Å²) in [5.41, 5.74) is 6.50. The molecule has 3 rings (SSSR count). The van der Waals surface area contributed by atoms with Crippen molar-refractivity contribution in [3.63, 3.8) is 0 Å². The molecule has 130 valence electrons. The van der Waals surface area contributed by atoms with Crippen LogP contribution in [0.25, 0.3) is 0 Å². The number of hydrogen-bond acceptors (Lipinski definition) is 2. The largest absolute Gasteiger partial charge is 0.351 e. The molecule has 2 saturated heterocycles. The third-order valence-electron chi connectivity index (χ3n) is 5.18. The van der Waals surface area contributed by atoms with Crippen LogP contribution in [0.15, 0.2) is 24.3 Å². The van der Waals surface area contributed by atoms with E-state index >= 15 is 0 Å². The smallest absolute Gasteiger partial charge is 0.315 e. The summed E-state index contributed by atoms with van der Waals surface area (Å²) in [7, 11) is 0. The van der Waals surface area contributed by atoms with Crippen LogP contribution in [-0.2, 0) is 11.2 Å². The first-order valence-electron chi connectivity index (χ1n) is 8.64. The lowest BCUT2D eigenvalue weighted by Crippen LogP contribution is -2.51. The maximum absolute atomic E-state index is 13.0. The van der Waals surface area contributed by atoms with Gasteiger partial charge in [-0.05, 0) is 55.7 Å². The minimum absolute atomic E-state index is 0.0338. The van der Waals surface area contributed by atoms with Gasteiger partial charge in [0, 0.05) is 19.6 Å². The SMILES string of the molecule is NC(=O)N1CCC[C@H]1C(=O)N1CCC(Cc2ccc(F)cc2)CC1. The number of amides is 3. The van der Waals surface area contributed by atoms with Crippen LogP contribution < -0.4 is 5.73 Å². The van der Waals surface area contributed by atoms with Crippen molar-refractivity contribution in [1.82, 2.24) is 9.80 Å². The van der Waals surface area contributed by atoms with E-state index in [1.54, 1.807) is 0 Å². The number of carbonyl (C=O) groups excluding carboxylic acids is 2. The van der Waals surface area contributed by atoms with Crippen molar-refractivity contribution in [2.24, 2.45) is 11.7 Å². The number of nitrogens with zero attached hydrogens (tertiary/aromatic N) is 2. The maximum Gasteiger partial charge on any atom is 0.315 e. The average Bonchev–Trinajstić information content (AvgIpc) is 3.07. The molecule has 0 unspecified atom stereocenters. The van der Waals surface area contributed by atoms with E-state index in [9.17, 15) is 14.0 Å². The van der Waals surface area contributed by atoms with Gasteiger partial charge in [0.15, 0.2) is 0 Å². The summed E-state index contributed by atoms with van der Waals surface area (Å²) in [4.78, 5) is 27.4. The molecule has 0 bridgehead atoms. The number of urea groups is 1. The third kappa shape index (κ3) is 3.68. The van der Waals surface area contributed by atoms with Gasteiger partial charge >= 0.3 is 6.03 Å². The first-order valence-corrected chi connectivity index (χ1v) is 8.64. The molecule has 3 amide bonds. The molecule has 1 aromatic rings. The molecule has 2 aliphatic rings. The van der Waals surface area contributed by atoms with Crippen LogP contribution in [0.3, 0.4) is 0 Å². The fourth-order valence-corrected chi connectivity index (χ4v) is 3.81. The van der Waals surface area contributed by atoms with E-state index in [2.05, 4.69) is 0 Å². The van der Waals surface area contributed by atoms with Gasteiger partial charge in [-0.2, -0.15) is 0 Å². The number of hydrogen-bond donors (Lipinski definition) is 1. The van der Waals surface area contributed by atoms with Crippen molar-refractivity contribution in [2.75, 3.05) is 19.6 Å². The molecule has 6 heteroatoms. The van der Waals surface area contributed by atoms with E-state index in [0.29, 0.717) is 32.0 Å². The Balaban J connectivity index is 1.52. The van der Waals surface area contributed by atoms with E-state index in [1.165, 1.54) is 17.0 Å². The zero-order valence-electron chi connectivity index (χ0n) is 13.8. The summed E-state index contributed by atoms with van der Waals surface area (Å²) >= 11 is 0. The van der Waals surface area contributed by atoms with Gasteiger partial charge in [0.2, 0.25) is 5.91 Å². The fraction of sp³-hybridized carbons (Fsp3) is 0.556. The lowest BCUT2D eigenvalue weighted by Gasteiger charge is -2.35. The summed E-state index contributed by atoms with van der Waals surface area (Å²) < 4.78 is 13.0. The Morgan fingerprint density at radius 1 is 1.08 bits per heavy atom. The second kappa shape index (κ2) is 7.20. The number of piperidine rings is 1. The highest BCUT2D eigenvalue weighted by Crippen LogP contribution is 2.25. The molecule has 1 atom stereocenters. The third-order valence-corrected chi connectivity index (χ3v) is 5.18. The number of likely N-dealkylation sites (tertiary alicyclic amines) is 2. The minimum Gasteiger partial charge on any atom is -0.351 e. The lowest BCUT2D eigenvalue weighted by molar-refractivity contribution is -0.136. The van der Waals surface area contributed by atoms with Crippen molar-refractivity contribution in [2.45, 2.75) is 38.1 Å². The van der Waals surface area contributed by atoms with Crippen molar-refractivity contribution >= 4 is 11.9 Å². The number of carbonyl (C=O) groups is 2. The molecule has 0 aromatic heterocycles. The van der Waals surface area contributed by atoms with Gasteiger partial charge in [0.1, 0.15) is 11.9 Å². The van der Waals surface area contributed by atoms with Crippen LogP contribution in [0.2, 0.25) is 0 Å². The molecule has 24 heavy (non-hydrogen) atoms. The van der Waals surface area contributed by atoms with E-state index in [4.69, 9.17) is 5.73 Å². The predicted molar refractivity (Wildman–Crippen MR) is 88.7 cm³/mol. The molecule has 0 radical (unpaired) electrons. The number of halogens is 1. The molecule has 1 aromatic carbocycles. The van der Waals surface area contributed by atoms with Crippen LogP contribution in [0, 0.1) is 11.7 Å². The zero-order chi connectivity index (χ0) is 17.1. The molecule has 0 spiro atoms. The van der Waals surface area contributed by atoms with Crippen molar-refractivity contribution in [3.8, 4) is 0 Å². The Morgan fingerprint density at radius 2 is 1.75 bits per heavy atom. The van der Waals surface area contributed by atoms with Gasteiger partial charge in [-0.1, -0.05) is 12.1 Å². The van der Waals surface area contributed by atoms with Crippen LogP contribution in [-0.4, -0.2) is 47.4 Å². The van der Waals surface area contributed by atoms with E-state index in [0.717, 1.165) is 31.2 Å². The quantitative estimate of drug-likeness (QED) is 0.921. The molecule has 2 aliphatic heterocycles. The molecular formula is C18H24FN3O2. The van der Waals surface area contributed by atoms with E-state index in [1.807, 2.05) is 17.0 Å². The Hall–Kier alpha value is -2.11. The molecule has 5 nitrogen and oxygen atoms in total. The summed E-state index contributed by atoms with van der Waals surface area (Å²) in [6.45, 7) is 2.01. The summed E-state index contributed by atoms with van der Waals surface area (Å²) in [6, 6.07) is 5.76. The van der Waals surface area contributed by atoms with E-state index in [-0.39, 0.29) is 17.8 Å². The van der Waals surface area contributed by atoms with Gasteiger partial charge in [-0.3, -0.25) is 4.79 Å². The van der Waals surface area contributed by atoms with Gasteiger partial charge in [0.05, 0.1) is 0 Å². The Morgan fingerprint density at radius 3 is 2.38 bits per heavy atom. The molecule has 0 saturated carbocycles. The number of rotatable bonds is 3. The second-order valence-electron chi connectivity index (χ2n) is 6.79. The van der Waals surface area contributed by atoms with Gasteiger partial charge in [0.25, 0.3) is 0 Å². The lowest BCUT2D eigenvalue weighted by atomic mass is 9.90. The fourth-order valence-electron chi connectivity index (χ4n) is 3.81. The number of nitrogens with two attached hydrogens (primary N) is 1. The van der Waals surface area contributed by atoms with E-state index < -0.39 is 6.03 Å². The Bertz CT molecular complexity index is 597. The molecule has 2 N–H and O–H groups in total. The highest BCUT2D eigenvalue weighted by Gasteiger charge is 2.36. The van der Waals surface area contributed by atoms with Crippen molar-refractivity contribution < 1.29 is 14.0 Å². The number of primary amides is 1. The Kier molecular flexibility index (Phi) is 5.02. The van der Waals surface area contributed by atoms with Gasteiger partial charge in [-0.25, -0.2) is 9.18 Å². The molecule has 2 heterocycles. The Labute approximate surface area is 141 Å². The normalized spacial score (nSPS) is 22.0. The summed E-state index contributed by atoms with van der Waals surface area (Å²) in [5.74, 6) is 0.330. The maximum atomic E-state index is 13.0. The van der Waals surface area contributed by atoms with Crippen LogP contribution >= 0.6 is 0 Å². The average molecular weight is 333 g/mol. The molecule has 0 aliphatic carbocycles. The molecule has 2 fully saturated rings. The summed E-state index contributed by atoms with van der Waals surface area (Å²) in [5, 5.41) is 0. The van der Waals surface area contributed by atoms with Crippen LogP contribution in [0.1, 0.15) is 31.2 Å². The standard InChI is InChI=1S/C18H24FN3O2/c19-15-5-3-13(4-6-15)12-14-7-10-21(11-8-14)17(23)16-2-1-9-22(16)18(20)24/h3-6,14,16H,1-2,7-12H2,(H2,20,24)/t16-/m0/s1. The molecular weight excluding hydrogens is 309 g/mol. The van der Waals surface area contributed by atoms with Crippen molar-refractivity contribution in [3.05, 3.63) is 35.6 Å². The first-order chi connectivity index (χ1) is 11.5. The highest BCUT2D eigenvalue weighted by atomic mass is 19.1. The first kappa shape index (κ1) is 16.7. The summed E-state index contributed by atoms with van der Waals surface area (Å²) in [6.07, 6.45) is 4.33. The van der Waals surface area contributed by atoms with Gasteiger partial charge in [-0.15, -0.1) is 0 Å². The monoisotopic (exact) mass is 333 g/mol. The topological polar surface area (TPSA) is 66.6 Å². The second-order valence-corrected chi connectivity index (χ2v) is 6.79. The minimum atomic E-state index is -0.503. The van der Waals surface area contributed by atoms with Crippen molar-refractivity contribution in [1.29, 1.82) is 0 Å². The highest BCUT2D eigenvalue weighted by molar-refractivity contribution is 5.87.